The monoisotopic (exact) mass is 254 g/mol. The van der Waals surface area contributed by atoms with Crippen LogP contribution in [0.2, 0.25) is 0 Å². The molecule has 0 bridgehead atoms. The molecule has 0 spiro atoms. The fourth-order valence-corrected chi connectivity index (χ4v) is 3.75. The molecule has 1 aliphatic heterocycles. The summed E-state index contributed by atoms with van der Waals surface area (Å²) in [5, 5.41) is 3.40. The molecule has 3 heteroatoms. The van der Waals surface area contributed by atoms with Crippen LogP contribution < -0.4 is 5.32 Å². The quantitative estimate of drug-likeness (QED) is 0.814. The van der Waals surface area contributed by atoms with Gasteiger partial charge < -0.3 is 15.0 Å². The van der Waals surface area contributed by atoms with Crippen molar-refractivity contribution in [2.24, 2.45) is 5.41 Å². The zero-order chi connectivity index (χ0) is 12.8. The Hall–Kier alpha value is -0.120. The Morgan fingerprint density at radius 3 is 2.44 bits per heavy atom. The van der Waals surface area contributed by atoms with Crippen molar-refractivity contribution in [1.82, 2.24) is 10.2 Å². The van der Waals surface area contributed by atoms with Gasteiger partial charge >= 0.3 is 0 Å². The van der Waals surface area contributed by atoms with E-state index in [0.29, 0.717) is 5.41 Å². The Kier molecular flexibility index (Phi) is 5.46. The van der Waals surface area contributed by atoms with E-state index in [1.807, 2.05) is 0 Å². The minimum atomic E-state index is 0.444. The van der Waals surface area contributed by atoms with Gasteiger partial charge in [0, 0.05) is 32.3 Å². The zero-order valence-electron chi connectivity index (χ0n) is 12.2. The van der Waals surface area contributed by atoms with Crippen LogP contribution in [0, 0.1) is 5.41 Å². The molecule has 0 unspecified atom stereocenters. The van der Waals surface area contributed by atoms with Gasteiger partial charge in [0.25, 0.3) is 0 Å². The minimum Gasteiger partial charge on any atom is -0.381 e. The van der Waals surface area contributed by atoms with Gasteiger partial charge in [0.2, 0.25) is 0 Å². The number of nitrogens with one attached hydrogen (secondary N) is 1. The molecule has 1 aliphatic carbocycles. The fraction of sp³-hybridized carbons (Fsp3) is 1.00. The van der Waals surface area contributed by atoms with Crippen LogP contribution in [0.5, 0.6) is 0 Å². The van der Waals surface area contributed by atoms with Gasteiger partial charge in [-0.05, 0) is 45.2 Å². The van der Waals surface area contributed by atoms with Gasteiger partial charge in [0.1, 0.15) is 0 Å². The maximum atomic E-state index is 5.55. The summed E-state index contributed by atoms with van der Waals surface area (Å²) >= 11 is 0. The number of hydrogen-bond acceptors (Lipinski definition) is 3. The van der Waals surface area contributed by atoms with Crippen LogP contribution in [0.25, 0.3) is 0 Å². The van der Waals surface area contributed by atoms with Crippen molar-refractivity contribution in [1.29, 1.82) is 0 Å². The lowest BCUT2D eigenvalue weighted by Crippen LogP contribution is -2.48. The topological polar surface area (TPSA) is 24.5 Å². The van der Waals surface area contributed by atoms with Gasteiger partial charge in [-0.1, -0.05) is 19.3 Å². The zero-order valence-corrected chi connectivity index (χ0v) is 12.2. The summed E-state index contributed by atoms with van der Waals surface area (Å²) in [6, 6.07) is 0.829. The smallest absolute Gasteiger partial charge is 0.0472 e. The standard InChI is InChI=1S/C15H30N2O/c1-16-12-15(8-10-18-11-9-15)13-17(2)14-6-4-3-5-7-14/h14,16H,3-13H2,1-2H3. The molecule has 0 aromatic rings. The summed E-state index contributed by atoms with van der Waals surface area (Å²) in [4.78, 5) is 2.64. The molecule has 2 aliphatic rings. The highest BCUT2D eigenvalue weighted by molar-refractivity contribution is 4.88. The molecule has 18 heavy (non-hydrogen) atoms. The van der Waals surface area contributed by atoms with Crippen LogP contribution in [-0.2, 0) is 4.74 Å². The van der Waals surface area contributed by atoms with E-state index in [4.69, 9.17) is 4.74 Å². The first kappa shape index (κ1) is 14.3. The minimum absolute atomic E-state index is 0.444. The number of hydrogen-bond donors (Lipinski definition) is 1. The van der Waals surface area contributed by atoms with Crippen molar-refractivity contribution in [3.8, 4) is 0 Å². The van der Waals surface area contributed by atoms with Crippen LogP contribution >= 0.6 is 0 Å². The van der Waals surface area contributed by atoms with Crippen molar-refractivity contribution in [2.45, 2.75) is 51.0 Å². The number of ether oxygens (including phenoxy) is 1. The van der Waals surface area contributed by atoms with Gasteiger partial charge in [-0.15, -0.1) is 0 Å². The lowest BCUT2D eigenvalue weighted by Gasteiger charge is -2.43. The van der Waals surface area contributed by atoms with E-state index in [1.165, 1.54) is 51.5 Å². The Bertz CT molecular complexity index is 227. The van der Waals surface area contributed by atoms with E-state index in [-0.39, 0.29) is 0 Å². The predicted octanol–water partition coefficient (Wildman–Crippen LogP) is 2.27. The molecule has 2 fully saturated rings. The van der Waals surface area contributed by atoms with Crippen LogP contribution in [0.15, 0.2) is 0 Å². The highest BCUT2D eigenvalue weighted by atomic mass is 16.5. The summed E-state index contributed by atoms with van der Waals surface area (Å²) in [5.41, 5.74) is 0.444. The molecule has 0 amide bonds. The first-order chi connectivity index (χ1) is 8.76. The summed E-state index contributed by atoms with van der Waals surface area (Å²) in [7, 11) is 4.42. The SMILES string of the molecule is CNCC1(CN(C)C2CCCCC2)CCOCC1. The third kappa shape index (κ3) is 3.69. The third-order valence-corrected chi connectivity index (χ3v) is 4.89. The molecule has 3 nitrogen and oxygen atoms in total. The maximum Gasteiger partial charge on any atom is 0.0472 e. The van der Waals surface area contributed by atoms with E-state index in [2.05, 4.69) is 24.3 Å². The highest BCUT2D eigenvalue weighted by Gasteiger charge is 2.34. The molecule has 0 aromatic heterocycles. The van der Waals surface area contributed by atoms with E-state index in [1.54, 1.807) is 0 Å². The Morgan fingerprint density at radius 1 is 1.17 bits per heavy atom. The second-order valence-electron chi connectivity index (χ2n) is 6.35. The molecule has 106 valence electrons. The van der Waals surface area contributed by atoms with Crippen molar-refractivity contribution in [3.05, 3.63) is 0 Å². The molecule has 1 N–H and O–H groups in total. The molecule has 1 saturated carbocycles. The van der Waals surface area contributed by atoms with Gasteiger partial charge in [0.05, 0.1) is 0 Å². The van der Waals surface area contributed by atoms with Crippen molar-refractivity contribution in [3.63, 3.8) is 0 Å². The Morgan fingerprint density at radius 2 is 1.83 bits per heavy atom. The van der Waals surface area contributed by atoms with E-state index < -0.39 is 0 Å². The predicted molar refractivity (Wildman–Crippen MR) is 75.9 cm³/mol. The van der Waals surface area contributed by atoms with Crippen molar-refractivity contribution < 1.29 is 4.74 Å². The number of nitrogens with zero attached hydrogens (tertiary/aromatic N) is 1. The average molecular weight is 254 g/mol. The fourth-order valence-electron chi connectivity index (χ4n) is 3.75. The molecular weight excluding hydrogens is 224 g/mol. The molecule has 1 saturated heterocycles. The van der Waals surface area contributed by atoms with Crippen LogP contribution in [-0.4, -0.2) is 51.3 Å². The summed E-state index contributed by atoms with van der Waals surface area (Å²) in [5.74, 6) is 0. The molecule has 1 heterocycles. The second kappa shape index (κ2) is 6.88. The molecule has 0 atom stereocenters. The normalized spacial score (nSPS) is 25.5. The molecular formula is C15H30N2O. The van der Waals surface area contributed by atoms with Gasteiger partial charge in [0.15, 0.2) is 0 Å². The summed E-state index contributed by atoms with van der Waals surface area (Å²) < 4.78 is 5.55. The molecule has 0 radical (unpaired) electrons. The Labute approximate surface area is 112 Å². The van der Waals surface area contributed by atoms with Gasteiger partial charge in [-0.25, -0.2) is 0 Å². The lowest BCUT2D eigenvalue weighted by atomic mass is 9.79. The Balaban J connectivity index is 1.90. The lowest BCUT2D eigenvalue weighted by molar-refractivity contribution is -0.00840. The van der Waals surface area contributed by atoms with Crippen molar-refractivity contribution in [2.75, 3.05) is 40.4 Å². The summed E-state index contributed by atoms with van der Waals surface area (Å²) in [6.07, 6.45) is 9.54. The van der Waals surface area contributed by atoms with Crippen LogP contribution in [0.1, 0.15) is 44.9 Å². The van der Waals surface area contributed by atoms with Gasteiger partial charge in [-0.2, -0.15) is 0 Å². The number of rotatable bonds is 5. The third-order valence-electron chi connectivity index (χ3n) is 4.89. The van der Waals surface area contributed by atoms with Crippen LogP contribution in [0.4, 0.5) is 0 Å². The maximum absolute atomic E-state index is 5.55. The van der Waals surface area contributed by atoms with Gasteiger partial charge in [-0.3, -0.25) is 0 Å². The first-order valence-corrected chi connectivity index (χ1v) is 7.68. The van der Waals surface area contributed by atoms with E-state index >= 15 is 0 Å². The average Bonchev–Trinajstić information content (AvgIpc) is 2.41. The molecule has 2 rings (SSSR count). The van der Waals surface area contributed by atoms with E-state index in [9.17, 15) is 0 Å². The molecule has 0 aromatic carbocycles. The van der Waals surface area contributed by atoms with Crippen LogP contribution in [0.3, 0.4) is 0 Å². The second-order valence-corrected chi connectivity index (χ2v) is 6.35. The summed E-state index contributed by atoms with van der Waals surface area (Å²) in [6.45, 7) is 4.26. The highest BCUT2D eigenvalue weighted by Crippen LogP contribution is 2.32. The largest absolute Gasteiger partial charge is 0.381 e. The van der Waals surface area contributed by atoms with Crippen molar-refractivity contribution >= 4 is 0 Å². The first-order valence-electron chi connectivity index (χ1n) is 7.68. The van der Waals surface area contributed by atoms with E-state index in [0.717, 1.165) is 25.8 Å².